The maximum Gasteiger partial charge on any atom is 0.309 e. The molecule has 0 bridgehead atoms. The van der Waals surface area contributed by atoms with Gasteiger partial charge >= 0.3 is 5.97 Å². The van der Waals surface area contributed by atoms with E-state index in [1.807, 2.05) is 50.2 Å². The topological polar surface area (TPSA) is 55.4 Å². The van der Waals surface area contributed by atoms with Crippen LogP contribution in [0.25, 0.3) is 0 Å². The third-order valence-electron chi connectivity index (χ3n) is 7.01. The van der Waals surface area contributed by atoms with Gasteiger partial charge in [-0.25, -0.2) is 8.93 Å². The van der Waals surface area contributed by atoms with E-state index in [1.165, 1.54) is 17.5 Å². The quantitative estimate of drug-likeness (QED) is 0.333. The number of esters is 1. The van der Waals surface area contributed by atoms with Crippen LogP contribution in [0.3, 0.4) is 0 Å². The van der Waals surface area contributed by atoms with Gasteiger partial charge in [0.05, 0.1) is 17.9 Å². The predicted molar refractivity (Wildman–Crippen MR) is 148 cm³/mol. The molecule has 0 spiro atoms. The number of rotatable bonds is 9. The molecule has 3 aromatic carbocycles. The highest BCUT2D eigenvalue weighted by atomic mass is 32.2. The average Bonchev–Trinajstić information content (AvgIpc) is 2.86. The minimum Gasteiger partial charge on any atom is -0.469 e. The molecule has 0 aromatic heterocycles. The zero-order valence-electron chi connectivity index (χ0n) is 21.6. The Morgan fingerprint density at radius 1 is 0.914 bits per heavy atom. The monoisotopic (exact) mass is 507 g/mol. The van der Waals surface area contributed by atoms with E-state index in [4.69, 9.17) is 4.74 Å². The Morgan fingerprint density at radius 2 is 1.40 bits per heavy atom. The summed E-state index contributed by atoms with van der Waals surface area (Å²) in [5, 5.41) is 2.50. The summed E-state index contributed by atoms with van der Waals surface area (Å²) in [5.74, 6) is -0.780. The van der Waals surface area contributed by atoms with Gasteiger partial charge in [-0.2, -0.15) is 0 Å². The zero-order chi connectivity index (χ0) is 25.6. The van der Waals surface area contributed by atoms with Gasteiger partial charge in [0.25, 0.3) is 0 Å². The Morgan fingerprint density at radius 3 is 1.83 bits per heavy atom. The second-order valence-electron chi connectivity index (χ2n) is 10.2. The van der Waals surface area contributed by atoms with Crippen LogP contribution >= 0.6 is 0 Å². The van der Waals surface area contributed by atoms with Crippen LogP contribution in [-0.4, -0.2) is 31.4 Å². The van der Waals surface area contributed by atoms with Gasteiger partial charge in [0.15, 0.2) is 0 Å². The molecule has 35 heavy (non-hydrogen) atoms. The normalized spacial score (nSPS) is 14.7. The summed E-state index contributed by atoms with van der Waals surface area (Å²) in [4.78, 5) is 13.5. The molecule has 0 aliphatic carbocycles. The first-order valence-corrected chi connectivity index (χ1v) is 15.4. The molecular formula is C29H37NO3SSi. The number of ether oxygens (including phenoxy) is 1. The van der Waals surface area contributed by atoms with Gasteiger partial charge in [-0.05, 0) is 30.1 Å². The van der Waals surface area contributed by atoms with Crippen molar-refractivity contribution in [1.82, 2.24) is 4.72 Å². The number of aryl methyl sites for hydroxylation is 1. The standard InChI is InChI=1S/C29H37NO3SSi/c1-22-17-19-24(20-18-22)34(32)30-27(23(2)28(31)33-6)21-35(29(3,4)5,25-13-9-7-10-14-25)26-15-11-8-12-16-26/h7-20,23,27,30H,21H2,1-6H3/t23-,27+,34?/m1/s1. The Balaban J connectivity index is 2.14. The first kappa shape index (κ1) is 27.1. The number of benzene rings is 3. The number of nitrogens with one attached hydrogen (secondary N) is 1. The molecule has 3 atom stereocenters. The van der Waals surface area contributed by atoms with Gasteiger partial charge in [0.2, 0.25) is 0 Å². The number of hydrogen-bond acceptors (Lipinski definition) is 3. The Bertz CT molecular complexity index is 1090. The van der Waals surface area contributed by atoms with Crippen molar-refractivity contribution in [3.8, 4) is 0 Å². The van der Waals surface area contributed by atoms with Crippen molar-refractivity contribution in [2.75, 3.05) is 7.11 Å². The number of methoxy groups -OCH3 is 1. The van der Waals surface area contributed by atoms with Crippen LogP contribution in [0.15, 0.2) is 89.8 Å². The lowest BCUT2D eigenvalue weighted by molar-refractivity contribution is -0.145. The second kappa shape index (κ2) is 11.5. The van der Waals surface area contributed by atoms with Gasteiger partial charge in [-0.15, -0.1) is 0 Å². The highest BCUT2D eigenvalue weighted by molar-refractivity contribution is 7.83. The molecule has 6 heteroatoms. The van der Waals surface area contributed by atoms with Crippen molar-refractivity contribution >= 4 is 35.4 Å². The van der Waals surface area contributed by atoms with Crippen molar-refractivity contribution in [2.45, 2.75) is 56.6 Å². The van der Waals surface area contributed by atoms with E-state index in [0.29, 0.717) is 10.9 Å². The van der Waals surface area contributed by atoms with E-state index in [-0.39, 0.29) is 17.0 Å². The Labute approximate surface area is 213 Å². The summed E-state index contributed by atoms with van der Waals surface area (Å²) in [6.07, 6.45) is 0. The summed E-state index contributed by atoms with van der Waals surface area (Å²) in [6, 6.07) is 29.3. The summed E-state index contributed by atoms with van der Waals surface area (Å²) in [6.45, 7) is 10.7. The molecule has 0 saturated carbocycles. The summed E-state index contributed by atoms with van der Waals surface area (Å²) >= 11 is 0. The van der Waals surface area contributed by atoms with Gasteiger partial charge in [-0.1, -0.05) is 116 Å². The van der Waals surface area contributed by atoms with Gasteiger partial charge < -0.3 is 4.74 Å². The van der Waals surface area contributed by atoms with Crippen LogP contribution in [0.4, 0.5) is 0 Å². The Kier molecular flexibility index (Phi) is 8.86. The molecule has 186 valence electrons. The molecule has 0 amide bonds. The first-order chi connectivity index (χ1) is 16.6. The molecule has 0 radical (unpaired) electrons. The third kappa shape index (κ3) is 6.00. The second-order valence-corrected chi connectivity index (χ2v) is 16.3. The fourth-order valence-corrected chi connectivity index (χ4v) is 11.9. The molecule has 1 N–H and O–H groups in total. The van der Waals surface area contributed by atoms with Crippen molar-refractivity contribution in [1.29, 1.82) is 0 Å². The molecule has 4 nitrogen and oxygen atoms in total. The highest BCUT2D eigenvalue weighted by Crippen LogP contribution is 2.40. The highest BCUT2D eigenvalue weighted by Gasteiger charge is 2.50. The van der Waals surface area contributed by atoms with Crippen molar-refractivity contribution < 1.29 is 13.7 Å². The molecule has 0 heterocycles. The molecular weight excluding hydrogens is 470 g/mol. The van der Waals surface area contributed by atoms with Crippen LogP contribution in [0.1, 0.15) is 33.3 Å². The van der Waals surface area contributed by atoms with E-state index in [2.05, 4.69) is 74.0 Å². The molecule has 1 unspecified atom stereocenters. The summed E-state index contributed by atoms with van der Waals surface area (Å²) in [5.41, 5.74) is 1.11. The maximum atomic E-state index is 13.5. The van der Waals surface area contributed by atoms with E-state index < -0.39 is 25.0 Å². The van der Waals surface area contributed by atoms with E-state index in [0.717, 1.165) is 5.56 Å². The van der Waals surface area contributed by atoms with E-state index in [9.17, 15) is 9.00 Å². The van der Waals surface area contributed by atoms with Crippen molar-refractivity contribution in [2.24, 2.45) is 5.92 Å². The zero-order valence-corrected chi connectivity index (χ0v) is 23.4. The number of carbonyl (C=O) groups is 1. The summed E-state index contributed by atoms with van der Waals surface area (Å²) < 4.78 is 21.9. The molecule has 0 fully saturated rings. The summed E-state index contributed by atoms with van der Waals surface area (Å²) in [7, 11) is -2.57. The largest absolute Gasteiger partial charge is 0.469 e. The third-order valence-corrected chi connectivity index (χ3v) is 14.5. The molecule has 3 rings (SSSR count). The molecule has 3 aromatic rings. The molecule has 0 aliphatic heterocycles. The van der Waals surface area contributed by atoms with Crippen molar-refractivity contribution in [3.05, 3.63) is 90.5 Å². The molecule has 0 saturated heterocycles. The van der Waals surface area contributed by atoms with E-state index in [1.54, 1.807) is 0 Å². The fraction of sp³-hybridized carbons (Fsp3) is 0.345. The fourth-order valence-electron chi connectivity index (χ4n) is 4.89. The maximum absolute atomic E-state index is 13.5. The lowest BCUT2D eigenvalue weighted by Gasteiger charge is -2.46. The van der Waals surface area contributed by atoms with Crippen LogP contribution in [0.2, 0.25) is 11.1 Å². The predicted octanol–water partition coefficient (Wildman–Crippen LogP) is 4.85. The Hall–Kier alpha value is -2.54. The minimum absolute atomic E-state index is 0.0865. The van der Waals surface area contributed by atoms with Gasteiger partial charge in [0.1, 0.15) is 19.1 Å². The number of carbonyl (C=O) groups excluding carboxylic acids is 1. The van der Waals surface area contributed by atoms with Crippen LogP contribution < -0.4 is 15.1 Å². The minimum atomic E-state index is -2.52. The number of hydrogen-bond donors (Lipinski definition) is 1. The lowest BCUT2D eigenvalue weighted by Crippen LogP contribution is -2.67. The van der Waals surface area contributed by atoms with Crippen LogP contribution in [0.5, 0.6) is 0 Å². The SMILES string of the molecule is COC(=O)[C@H](C)[C@H](C[Si](c1ccccc1)(c1ccccc1)C(C)(C)C)NS(=O)c1ccc(C)cc1. The smallest absolute Gasteiger partial charge is 0.309 e. The van der Waals surface area contributed by atoms with Gasteiger partial charge in [-0.3, -0.25) is 4.79 Å². The first-order valence-electron chi connectivity index (χ1n) is 12.0. The van der Waals surface area contributed by atoms with Crippen LogP contribution in [-0.2, 0) is 20.5 Å². The molecule has 0 aliphatic rings. The van der Waals surface area contributed by atoms with Crippen LogP contribution in [0, 0.1) is 12.8 Å². The van der Waals surface area contributed by atoms with Crippen molar-refractivity contribution in [3.63, 3.8) is 0 Å². The van der Waals surface area contributed by atoms with E-state index >= 15 is 0 Å². The lowest BCUT2D eigenvalue weighted by atomic mass is 10.1. The van der Waals surface area contributed by atoms with Gasteiger partial charge in [0, 0.05) is 6.04 Å². The average molecular weight is 508 g/mol.